The van der Waals surface area contributed by atoms with Crippen molar-refractivity contribution in [2.75, 3.05) is 5.88 Å². The third-order valence-electron chi connectivity index (χ3n) is 3.16. The van der Waals surface area contributed by atoms with Gasteiger partial charge in [-0.2, -0.15) is 0 Å². The summed E-state index contributed by atoms with van der Waals surface area (Å²) in [6, 6.07) is 2.14. The fraction of sp³-hybridized carbons (Fsp3) is 0.286. The van der Waals surface area contributed by atoms with Crippen LogP contribution in [0.3, 0.4) is 0 Å². The number of aryl methyl sites for hydroxylation is 2. The number of halogens is 3. The van der Waals surface area contributed by atoms with E-state index in [0.717, 1.165) is 16.8 Å². The number of hydrogen-bond donors (Lipinski definition) is 0. The molecule has 1 aromatic carbocycles. The van der Waals surface area contributed by atoms with Crippen molar-refractivity contribution in [1.82, 2.24) is 14.5 Å². The van der Waals surface area contributed by atoms with Crippen molar-refractivity contribution < 1.29 is 8.78 Å². The Morgan fingerprint density at radius 2 is 2.10 bits per heavy atom. The van der Waals surface area contributed by atoms with Gasteiger partial charge in [-0.1, -0.05) is 0 Å². The maximum absolute atomic E-state index is 13.9. The van der Waals surface area contributed by atoms with Crippen LogP contribution in [0.2, 0.25) is 0 Å². The van der Waals surface area contributed by atoms with Crippen molar-refractivity contribution in [2.45, 2.75) is 19.9 Å². The Balaban J connectivity index is 2.15. The summed E-state index contributed by atoms with van der Waals surface area (Å²) in [6.45, 7) is 2.34. The Hall–Kier alpha value is -1.53. The average molecular weight is 328 g/mol. The first-order chi connectivity index (χ1) is 10.1. The molecule has 0 amide bonds. The Kier molecular flexibility index (Phi) is 3.91. The van der Waals surface area contributed by atoms with E-state index in [1.165, 1.54) is 17.4 Å². The highest BCUT2D eigenvalue weighted by Crippen LogP contribution is 2.23. The summed E-state index contributed by atoms with van der Waals surface area (Å²) >= 11 is 7.32. The van der Waals surface area contributed by atoms with Crippen LogP contribution >= 0.6 is 22.9 Å². The summed E-state index contributed by atoms with van der Waals surface area (Å²) in [4.78, 5) is 8.65. The molecule has 7 heteroatoms. The fourth-order valence-corrected chi connectivity index (χ4v) is 3.06. The van der Waals surface area contributed by atoms with Gasteiger partial charge in [0.2, 0.25) is 0 Å². The highest BCUT2D eigenvalue weighted by Gasteiger charge is 2.16. The van der Waals surface area contributed by atoms with Gasteiger partial charge in [-0.3, -0.25) is 0 Å². The van der Waals surface area contributed by atoms with Gasteiger partial charge < -0.3 is 4.57 Å². The van der Waals surface area contributed by atoms with Gasteiger partial charge >= 0.3 is 0 Å². The van der Waals surface area contributed by atoms with Crippen LogP contribution in [0.15, 0.2) is 17.5 Å². The maximum atomic E-state index is 13.9. The largest absolute Gasteiger partial charge is 0.322 e. The third-order valence-corrected chi connectivity index (χ3v) is 4.17. The second-order valence-corrected chi connectivity index (χ2v) is 6.11. The van der Waals surface area contributed by atoms with Gasteiger partial charge in [0.25, 0.3) is 0 Å². The van der Waals surface area contributed by atoms with Crippen molar-refractivity contribution >= 4 is 34.0 Å². The van der Waals surface area contributed by atoms with Crippen molar-refractivity contribution in [2.24, 2.45) is 0 Å². The van der Waals surface area contributed by atoms with Crippen molar-refractivity contribution in [3.05, 3.63) is 45.7 Å². The number of rotatable bonds is 4. The van der Waals surface area contributed by atoms with E-state index in [1.807, 2.05) is 12.3 Å². The molecule has 0 aliphatic heterocycles. The predicted octanol–water partition coefficient (Wildman–Crippen LogP) is 3.91. The zero-order valence-electron chi connectivity index (χ0n) is 11.2. The highest BCUT2D eigenvalue weighted by atomic mass is 35.5. The number of nitrogens with zero attached hydrogens (tertiary/aromatic N) is 3. The molecule has 0 fully saturated rings. The maximum Gasteiger partial charge on any atom is 0.153 e. The number of alkyl halides is 1. The van der Waals surface area contributed by atoms with E-state index in [4.69, 9.17) is 11.6 Å². The number of fused-ring (bicyclic) bond motifs is 1. The zero-order valence-corrected chi connectivity index (χ0v) is 12.8. The van der Waals surface area contributed by atoms with Crippen molar-refractivity contribution in [3.63, 3.8) is 0 Å². The second-order valence-electron chi connectivity index (χ2n) is 4.67. The summed E-state index contributed by atoms with van der Waals surface area (Å²) in [5, 5.41) is 2.88. The summed E-state index contributed by atoms with van der Waals surface area (Å²) in [5.74, 6) is -0.277. The number of imidazole rings is 1. The molecule has 3 aromatic rings. The molecule has 0 bridgehead atoms. The van der Waals surface area contributed by atoms with Crippen molar-refractivity contribution in [3.8, 4) is 0 Å². The minimum atomic E-state index is -0.658. The van der Waals surface area contributed by atoms with E-state index in [1.54, 1.807) is 4.57 Å². The van der Waals surface area contributed by atoms with Crippen LogP contribution < -0.4 is 0 Å². The van der Waals surface area contributed by atoms with E-state index in [2.05, 4.69) is 9.97 Å². The van der Waals surface area contributed by atoms with Gasteiger partial charge in [-0.15, -0.1) is 22.9 Å². The first kappa shape index (κ1) is 14.4. The van der Waals surface area contributed by atoms with Crippen LogP contribution in [0.4, 0.5) is 8.78 Å². The van der Waals surface area contributed by atoms with Crippen LogP contribution in [0, 0.1) is 18.6 Å². The number of aromatic nitrogens is 3. The van der Waals surface area contributed by atoms with Crippen molar-refractivity contribution in [1.29, 1.82) is 0 Å². The first-order valence-electron chi connectivity index (χ1n) is 6.39. The Bertz CT molecular complexity index is 797. The Labute approximate surface area is 129 Å². The molecule has 21 heavy (non-hydrogen) atoms. The lowest BCUT2D eigenvalue weighted by Gasteiger charge is -2.06. The molecule has 0 atom stereocenters. The molecule has 3 rings (SSSR count). The molecule has 3 nitrogen and oxygen atoms in total. The standard InChI is InChI=1S/C14H12ClF2N3S/c1-8-18-10(7-21-8)6-20-12-5-9(16)4-11(17)14(12)19-13(20)2-3-15/h4-5,7H,2-3,6H2,1H3. The molecule has 0 spiro atoms. The molecule has 0 aliphatic carbocycles. The quantitative estimate of drug-likeness (QED) is 0.680. The molecule has 0 saturated carbocycles. The van der Waals surface area contributed by atoms with E-state index in [0.29, 0.717) is 30.2 Å². The lowest BCUT2D eigenvalue weighted by molar-refractivity contribution is 0.590. The van der Waals surface area contributed by atoms with Gasteiger partial charge in [-0.05, 0) is 13.0 Å². The highest BCUT2D eigenvalue weighted by molar-refractivity contribution is 7.09. The normalized spacial score (nSPS) is 11.4. The molecule has 2 aromatic heterocycles. The lowest BCUT2D eigenvalue weighted by atomic mass is 10.3. The molecule has 2 heterocycles. The molecule has 0 aliphatic rings. The topological polar surface area (TPSA) is 30.7 Å². The summed E-state index contributed by atoms with van der Waals surface area (Å²) in [5.41, 5.74) is 1.44. The molecule has 0 radical (unpaired) electrons. The van der Waals surface area contributed by atoms with E-state index >= 15 is 0 Å². The summed E-state index contributed by atoms with van der Waals surface area (Å²) in [6.07, 6.45) is 0.487. The lowest BCUT2D eigenvalue weighted by Crippen LogP contribution is -2.06. The number of benzene rings is 1. The van der Waals surface area contributed by atoms with Gasteiger partial charge in [0.15, 0.2) is 5.82 Å². The van der Waals surface area contributed by atoms with E-state index in [9.17, 15) is 8.78 Å². The molecule has 110 valence electrons. The fourth-order valence-electron chi connectivity index (χ4n) is 2.29. The Morgan fingerprint density at radius 3 is 2.76 bits per heavy atom. The van der Waals surface area contributed by atoms with Crippen LogP contribution in [-0.2, 0) is 13.0 Å². The van der Waals surface area contributed by atoms with Gasteiger partial charge in [0.1, 0.15) is 17.2 Å². The average Bonchev–Trinajstić information content (AvgIpc) is 2.97. The molecule has 0 saturated heterocycles. The Morgan fingerprint density at radius 1 is 1.29 bits per heavy atom. The molecule has 0 unspecified atom stereocenters. The summed E-state index contributed by atoms with van der Waals surface area (Å²) in [7, 11) is 0. The van der Waals surface area contributed by atoms with Crippen LogP contribution in [-0.4, -0.2) is 20.4 Å². The van der Waals surface area contributed by atoms with Crippen LogP contribution in [0.1, 0.15) is 16.5 Å². The molecular formula is C14H12ClF2N3S. The van der Waals surface area contributed by atoms with E-state index in [-0.39, 0.29) is 5.52 Å². The molecule has 0 N–H and O–H groups in total. The molecular weight excluding hydrogens is 316 g/mol. The minimum Gasteiger partial charge on any atom is -0.322 e. The van der Waals surface area contributed by atoms with Crippen LogP contribution in [0.25, 0.3) is 11.0 Å². The first-order valence-corrected chi connectivity index (χ1v) is 7.81. The number of hydrogen-bond acceptors (Lipinski definition) is 3. The predicted molar refractivity (Wildman–Crippen MR) is 80.0 cm³/mol. The SMILES string of the molecule is Cc1nc(Cn2c(CCCl)nc3c(F)cc(F)cc32)cs1. The summed E-state index contributed by atoms with van der Waals surface area (Å²) < 4.78 is 29.1. The third kappa shape index (κ3) is 2.78. The second kappa shape index (κ2) is 5.69. The number of thiazole rings is 1. The van der Waals surface area contributed by atoms with E-state index < -0.39 is 11.6 Å². The minimum absolute atomic E-state index is 0.170. The van der Waals surface area contributed by atoms with Gasteiger partial charge in [0, 0.05) is 23.7 Å². The van der Waals surface area contributed by atoms with Gasteiger partial charge in [0.05, 0.1) is 22.8 Å². The zero-order chi connectivity index (χ0) is 15.0. The monoisotopic (exact) mass is 327 g/mol. The smallest absolute Gasteiger partial charge is 0.153 e. The van der Waals surface area contributed by atoms with Gasteiger partial charge in [-0.25, -0.2) is 18.7 Å². The van der Waals surface area contributed by atoms with Crippen LogP contribution in [0.5, 0.6) is 0 Å².